The van der Waals surface area contributed by atoms with E-state index in [-0.39, 0.29) is 17.6 Å². The molecule has 0 aliphatic carbocycles. The summed E-state index contributed by atoms with van der Waals surface area (Å²) in [5.74, 6) is -0.175. The Hall–Kier alpha value is -1.73. The number of benzene rings is 1. The molecule has 1 saturated heterocycles. The van der Waals surface area contributed by atoms with Crippen LogP contribution in [0.15, 0.2) is 18.2 Å². The van der Waals surface area contributed by atoms with Crippen molar-refractivity contribution in [3.63, 3.8) is 0 Å². The molecule has 1 atom stereocenters. The molecule has 112 valence electrons. The summed E-state index contributed by atoms with van der Waals surface area (Å²) in [7, 11) is 0. The minimum absolute atomic E-state index is 0.198. The quantitative estimate of drug-likeness (QED) is 0.852. The summed E-state index contributed by atoms with van der Waals surface area (Å²) in [6.07, 6.45) is 4.99. The van der Waals surface area contributed by atoms with Crippen molar-refractivity contribution >= 4 is 5.78 Å². The Kier molecular flexibility index (Phi) is 5.46. The average molecular weight is 288 g/mol. The number of rotatable bonds is 4. The van der Waals surface area contributed by atoms with E-state index in [1.165, 1.54) is 18.6 Å². The maximum atomic E-state index is 13.5. The Labute approximate surface area is 125 Å². The lowest BCUT2D eigenvalue weighted by Crippen LogP contribution is -2.35. The molecule has 1 aliphatic rings. The summed E-state index contributed by atoms with van der Waals surface area (Å²) in [5.41, 5.74) is 1.16. The molecule has 1 aliphatic heterocycles. The van der Waals surface area contributed by atoms with Crippen molar-refractivity contribution in [3.05, 3.63) is 35.1 Å². The van der Waals surface area contributed by atoms with Crippen molar-refractivity contribution in [1.29, 1.82) is 5.26 Å². The second-order valence-electron chi connectivity index (χ2n) is 5.84. The number of Topliss-reactive ketones (excluding diaryl/α,β-unsaturated/α-hetero) is 1. The van der Waals surface area contributed by atoms with Crippen molar-refractivity contribution < 1.29 is 9.18 Å². The average Bonchev–Trinajstić information content (AvgIpc) is 2.63. The first-order valence-corrected chi connectivity index (χ1v) is 7.51. The third-order valence-electron chi connectivity index (χ3n) is 3.99. The first kappa shape index (κ1) is 15.7. The topological polar surface area (TPSA) is 44.1 Å². The Bertz CT molecular complexity index is 550. The summed E-state index contributed by atoms with van der Waals surface area (Å²) >= 11 is 0. The molecule has 1 aromatic carbocycles. The van der Waals surface area contributed by atoms with Crippen LogP contribution in [0.25, 0.3) is 0 Å². The second kappa shape index (κ2) is 7.33. The van der Waals surface area contributed by atoms with Gasteiger partial charge in [-0.3, -0.25) is 9.69 Å². The van der Waals surface area contributed by atoms with Gasteiger partial charge in [-0.05, 0) is 50.1 Å². The summed E-state index contributed by atoms with van der Waals surface area (Å²) < 4.78 is 13.5. The highest BCUT2D eigenvalue weighted by Gasteiger charge is 2.22. The van der Waals surface area contributed by atoms with Gasteiger partial charge in [-0.2, -0.15) is 5.26 Å². The zero-order chi connectivity index (χ0) is 15.2. The molecule has 3 nitrogen and oxygen atoms in total. The summed E-state index contributed by atoms with van der Waals surface area (Å²) in [6.45, 7) is 3.15. The number of halogens is 1. The number of carbonyl (C=O) groups excluding carboxylic acids is 1. The summed E-state index contributed by atoms with van der Waals surface area (Å²) in [6, 6.07) is 6.69. The number of nitriles is 1. The molecule has 2 rings (SSSR count). The number of nitrogens with zero attached hydrogens (tertiary/aromatic N) is 2. The monoisotopic (exact) mass is 288 g/mol. The number of hydrogen-bond donors (Lipinski definition) is 0. The van der Waals surface area contributed by atoms with E-state index in [1.807, 2.05) is 6.07 Å². The molecule has 0 bridgehead atoms. The van der Waals surface area contributed by atoms with E-state index >= 15 is 0 Å². The fourth-order valence-corrected chi connectivity index (χ4v) is 3.05. The Morgan fingerprint density at radius 2 is 2.19 bits per heavy atom. The molecule has 0 radical (unpaired) electrons. The lowest BCUT2D eigenvalue weighted by Gasteiger charge is -2.29. The van der Waals surface area contributed by atoms with E-state index < -0.39 is 0 Å². The standard InChI is InChI=1S/C17H21FN2O/c1-13(21)7-17-5-3-2-4-6-20(17)12-15-8-14(11-19)9-16(18)10-15/h8-10,17H,2-7,12H2,1H3. The highest BCUT2D eigenvalue weighted by Crippen LogP contribution is 2.22. The zero-order valence-corrected chi connectivity index (χ0v) is 12.4. The first-order chi connectivity index (χ1) is 10.1. The molecule has 1 fully saturated rings. The molecule has 0 saturated carbocycles. The first-order valence-electron chi connectivity index (χ1n) is 7.51. The van der Waals surface area contributed by atoms with E-state index in [0.717, 1.165) is 31.4 Å². The zero-order valence-electron chi connectivity index (χ0n) is 12.4. The van der Waals surface area contributed by atoms with Gasteiger partial charge in [0.1, 0.15) is 11.6 Å². The van der Waals surface area contributed by atoms with Crippen LogP contribution in [-0.4, -0.2) is 23.3 Å². The fourth-order valence-electron chi connectivity index (χ4n) is 3.05. The van der Waals surface area contributed by atoms with Gasteiger partial charge < -0.3 is 0 Å². The Balaban J connectivity index is 2.15. The largest absolute Gasteiger partial charge is 0.300 e. The molecule has 0 N–H and O–H groups in total. The van der Waals surface area contributed by atoms with Gasteiger partial charge in [-0.15, -0.1) is 0 Å². The van der Waals surface area contributed by atoms with E-state index in [0.29, 0.717) is 18.5 Å². The summed E-state index contributed by atoms with van der Waals surface area (Å²) in [4.78, 5) is 13.7. The SMILES string of the molecule is CC(=O)CC1CCCCCN1Cc1cc(F)cc(C#N)c1. The van der Waals surface area contributed by atoms with Gasteiger partial charge >= 0.3 is 0 Å². The van der Waals surface area contributed by atoms with Gasteiger partial charge in [0.15, 0.2) is 0 Å². The number of hydrogen-bond acceptors (Lipinski definition) is 3. The predicted molar refractivity (Wildman–Crippen MR) is 79.1 cm³/mol. The van der Waals surface area contributed by atoms with Gasteiger partial charge in [0.05, 0.1) is 11.6 Å². The Morgan fingerprint density at radius 3 is 2.90 bits per heavy atom. The third-order valence-corrected chi connectivity index (χ3v) is 3.99. The normalized spacial score (nSPS) is 19.8. The van der Waals surface area contributed by atoms with Crippen LogP contribution in [0, 0.1) is 17.1 Å². The third kappa shape index (κ3) is 4.64. The van der Waals surface area contributed by atoms with Gasteiger partial charge in [0.2, 0.25) is 0 Å². The maximum absolute atomic E-state index is 13.5. The van der Waals surface area contributed by atoms with Crippen LogP contribution in [-0.2, 0) is 11.3 Å². The Morgan fingerprint density at radius 1 is 1.38 bits per heavy atom. The lowest BCUT2D eigenvalue weighted by molar-refractivity contribution is -0.118. The molecular formula is C17H21FN2O. The van der Waals surface area contributed by atoms with E-state index in [4.69, 9.17) is 5.26 Å². The summed E-state index contributed by atoms with van der Waals surface area (Å²) in [5, 5.41) is 8.93. The highest BCUT2D eigenvalue weighted by atomic mass is 19.1. The minimum Gasteiger partial charge on any atom is -0.300 e. The van der Waals surface area contributed by atoms with Gasteiger partial charge in [0.25, 0.3) is 0 Å². The van der Waals surface area contributed by atoms with Crippen molar-refractivity contribution in [3.8, 4) is 6.07 Å². The minimum atomic E-state index is -0.373. The van der Waals surface area contributed by atoms with Gasteiger partial charge in [-0.25, -0.2) is 4.39 Å². The molecule has 0 aromatic heterocycles. The van der Waals surface area contributed by atoms with Crippen molar-refractivity contribution in [2.45, 2.75) is 51.6 Å². The smallest absolute Gasteiger partial charge is 0.131 e. The van der Waals surface area contributed by atoms with Crippen LogP contribution >= 0.6 is 0 Å². The number of ketones is 1. The van der Waals surface area contributed by atoms with E-state index in [1.54, 1.807) is 13.0 Å². The van der Waals surface area contributed by atoms with Crippen LogP contribution in [0.1, 0.15) is 50.2 Å². The highest BCUT2D eigenvalue weighted by molar-refractivity contribution is 5.76. The van der Waals surface area contributed by atoms with Gasteiger partial charge in [-0.1, -0.05) is 12.8 Å². The molecule has 1 unspecified atom stereocenters. The van der Waals surface area contributed by atoms with E-state index in [9.17, 15) is 9.18 Å². The fraction of sp³-hybridized carbons (Fsp3) is 0.529. The molecule has 1 heterocycles. The molecule has 4 heteroatoms. The lowest BCUT2D eigenvalue weighted by atomic mass is 10.0. The molecular weight excluding hydrogens is 267 g/mol. The predicted octanol–water partition coefficient (Wildman–Crippen LogP) is 3.42. The van der Waals surface area contributed by atoms with Gasteiger partial charge in [0, 0.05) is 19.0 Å². The van der Waals surface area contributed by atoms with Crippen molar-refractivity contribution in [1.82, 2.24) is 4.90 Å². The number of carbonyl (C=O) groups is 1. The molecule has 21 heavy (non-hydrogen) atoms. The van der Waals surface area contributed by atoms with Crippen LogP contribution < -0.4 is 0 Å². The van der Waals surface area contributed by atoms with Crippen molar-refractivity contribution in [2.75, 3.05) is 6.54 Å². The van der Waals surface area contributed by atoms with Crippen LogP contribution in [0.2, 0.25) is 0 Å². The van der Waals surface area contributed by atoms with E-state index in [2.05, 4.69) is 4.90 Å². The molecule has 1 aromatic rings. The number of likely N-dealkylation sites (tertiary alicyclic amines) is 1. The second-order valence-corrected chi connectivity index (χ2v) is 5.84. The van der Waals surface area contributed by atoms with Crippen LogP contribution in [0.3, 0.4) is 0 Å². The molecule has 0 spiro atoms. The van der Waals surface area contributed by atoms with Crippen LogP contribution in [0.4, 0.5) is 4.39 Å². The maximum Gasteiger partial charge on any atom is 0.131 e. The van der Waals surface area contributed by atoms with Crippen LogP contribution in [0.5, 0.6) is 0 Å². The van der Waals surface area contributed by atoms with Crippen molar-refractivity contribution in [2.24, 2.45) is 0 Å². The molecule has 0 amide bonds.